The second kappa shape index (κ2) is 6.20. The zero-order valence-electron chi connectivity index (χ0n) is 10.9. The lowest BCUT2D eigenvalue weighted by atomic mass is 9.93. The van der Waals surface area contributed by atoms with Gasteiger partial charge in [-0.3, -0.25) is 0 Å². The minimum Gasteiger partial charge on any atom is -0.301 e. The molecule has 5 heteroatoms. The molecule has 0 aliphatic heterocycles. The van der Waals surface area contributed by atoms with E-state index in [1.54, 1.807) is 16.2 Å². The minimum atomic E-state index is 0.397. The van der Waals surface area contributed by atoms with Crippen LogP contribution < -0.4 is 5.32 Å². The van der Waals surface area contributed by atoms with E-state index in [1.807, 2.05) is 17.5 Å². The van der Waals surface area contributed by atoms with Gasteiger partial charge in [0.25, 0.3) is 0 Å². The van der Waals surface area contributed by atoms with Gasteiger partial charge in [-0.15, -0.1) is 22.7 Å². The van der Waals surface area contributed by atoms with Gasteiger partial charge in [-0.1, -0.05) is 6.92 Å². The molecule has 2 unspecified atom stereocenters. The summed E-state index contributed by atoms with van der Waals surface area (Å²) in [7, 11) is 0. The van der Waals surface area contributed by atoms with Crippen molar-refractivity contribution in [3.63, 3.8) is 0 Å². The molecular formula is C14H17IN2S2. The Morgan fingerprint density at radius 3 is 3.21 bits per heavy atom. The maximum absolute atomic E-state index is 4.47. The van der Waals surface area contributed by atoms with Gasteiger partial charge in [0.2, 0.25) is 0 Å². The van der Waals surface area contributed by atoms with Crippen molar-refractivity contribution in [2.45, 2.75) is 44.7 Å². The molecule has 1 aliphatic rings. The molecule has 0 amide bonds. The van der Waals surface area contributed by atoms with Crippen LogP contribution in [0.3, 0.4) is 0 Å². The topological polar surface area (TPSA) is 24.9 Å². The van der Waals surface area contributed by atoms with Crippen molar-refractivity contribution in [1.29, 1.82) is 0 Å². The fraction of sp³-hybridized carbons (Fsp3) is 0.500. The summed E-state index contributed by atoms with van der Waals surface area (Å²) in [6, 6.07) is 3.28. The third-order valence-electron chi connectivity index (χ3n) is 3.64. The molecule has 2 aromatic heterocycles. The Morgan fingerprint density at radius 1 is 1.58 bits per heavy atom. The van der Waals surface area contributed by atoms with Crippen LogP contribution in [0, 0.1) is 2.88 Å². The van der Waals surface area contributed by atoms with Gasteiger partial charge in [-0.2, -0.15) is 0 Å². The molecule has 102 valence electrons. The Morgan fingerprint density at radius 2 is 2.47 bits per heavy atom. The first-order valence-electron chi connectivity index (χ1n) is 6.71. The van der Waals surface area contributed by atoms with Gasteiger partial charge >= 0.3 is 0 Å². The van der Waals surface area contributed by atoms with E-state index in [2.05, 4.69) is 51.3 Å². The third-order valence-corrected chi connectivity index (χ3v) is 6.50. The van der Waals surface area contributed by atoms with Crippen molar-refractivity contribution in [1.82, 2.24) is 10.3 Å². The lowest BCUT2D eigenvalue weighted by Crippen LogP contribution is -2.28. The predicted molar refractivity (Wildman–Crippen MR) is 91.0 cm³/mol. The molecule has 19 heavy (non-hydrogen) atoms. The molecule has 2 heterocycles. The summed E-state index contributed by atoms with van der Waals surface area (Å²) in [4.78, 5) is 6.06. The van der Waals surface area contributed by atoms with Crippen molar-refractivity contribution in [3.05, 3.63) is 36.0 Å². The number of thiophene rings is 1. The van der Waals surface area contributed by atoms with Crippen molar-refractivity contribution < 1.29 is 0 Å². The SMILES string of the molecule is CCC(NC1CCCc2sc(I)cc21)c1nccs1. The van der Waals surface area contributed by atoms with E-state index in [0.29, 0.717) is 12.1 Å². The molecule has 2 nitrogen and oxygen atoms in total. The van der Waals surface area contributed by atoms with Crippen molar-refractivity contribution in [2.75, 3.05) is 0 Å². The molecule has 0 spiro atoms. The summed E-state index contributed by atoms with van der Waals surface area (Å²) in [6.45, 7) is 2.24. The van der Waals surface area contributed by atoms with Crippen LogP contribution in [-0.4, -0.2) is 4.98 Å². The standard InChI is InChI=1S/C14H17IN2S2/c1-2-10(14-16-6-7-18-14)17-11-4-3-5-12-9(11)8-13(15)19-12/h6-8,10-11,17H,2-5H2,1H3. The van der Waals surface area contributed by atoms with Gasteiger partial charge in [0, 0.05) is 22.5 Å². The van der Waals surface area contributed by atoms with Crippen molar-refractivity contribution in [3.8, 4) is 0 Å². The number of rotatable bonds is 4. The Hall–Kier alpha value is 0.0200. The fourth-order valence-corrected chi connectivity index (χ4v) is 5.61. The molecule has 1 aliphatic carbocycles. The highest BCUT2D eigenvalue weighted by Crippen LogP contribution is 2.38. The van der Waals surface area contributed by atoms with E-state index in [-0.39, 0.29) is 0 Å². The number of aryl methyl sites for hydroxylation is 1. The number of halogens is 1. The molecule has 0 saturated carbocycles. The highest BCUT2D eigenvalue weighted by atomic mass is 127. The number of fused-ring (bicyclic) bond motifs is 1. The molecule has 0 aromatic carbocycles. The molecule has 0 bridgehead atoms. The number of nitrogens with one attached hydrogen (secondary N) is 1. The molecule has 2 atom stereocenters. The van der Waals surface area contributed by atoms with Crippen molar-refractivity contribution >= 4 is 45.3 Å². The van der Waals surface area contributed by atoms with E-state index in [4.69, 9.17) is 0 Å². The van der Waals surface area contributed by atoms with Crippen LogP contribution in [0.1, 0.15) is 53.7 Å². The molecule has 2 aromatic rings. The molecule has 0 radical (unpaired) electrons. The number of nitrogens with zero attached hydrogens (tertiary/aromatic N) is 1. The summed E-state index contributed by atoms with van der Waals surface area (Å²) in [5.41, 5.74) is 1.54. The Balaban J connectivity index is 1.80. The van der Waals surface area contributed by atoms with Crippen LogP contribution in [0.4, 0.5) is 0 Å². The van der Waals surface area contributed by atoms with Gasteiger partial charge in [-0.05, 0) is 59.9 Å². The fourth-order valence-electron chi connectivity index (χ4n) is 2.71. The Labute approximate surface area is 135 Å². The average molecular weight is 404 g/mol. The Bertz CT molecular complexity index is 536. The van der Waals surface area contributed by atoms with Crippen LogP contribution in [0.25, 0.3) is 0 Å². The van der Waals surface area contributed by atoms with Gasteiger partial charge in [-0.25, -0.2) is 4.98 Å². The number of thiazole rings is 1. The number of hydrogen-bond donors (Lipinski definition) is 1. The lowest BCUT2D eigenvalue weighted by molar-refractivity contribution is 0.395. The lowest BCUT2D eigenvalue weighted by Gasteiger charge is -2.27. The largest absolute Gasteiger partial charge is 0.301 e. The second-order valence-corrected chi connectivity index (χ2v) is 8.83. The molecular weight excluding hydrogens is 387 g/mol. The smallest absolute Gasteiger partial charge is 0.109 e. The maximum atomic E-state index is 4.47. The van der Waals surface area contributed by atoms with Crippen LogP contribution >= 0.6 is 45.3 Å². The van der Waals surface area contributed by atoms with Crippen LogP contribution in [-0.2, 0) is 6.42 Å². The summed E-state index contributed by atoms with van der Waals surface area (Å²) in [5.74, 6) is 0. The molecule has 1 N–H and O–H groups in total. The van der Waals surface area contributed by atoms with Gasteiger partial charge < -0.3 is 5.32 Å². The second-order valence-electron chi connectivity index (χ2n) is 4.87. The summed E-state index contributed by atoms with van der Waals surface area (Å²) >= 11 is 6.16. The zero-order valence-corrected chi connectivity index (χ0v) is 14.6. The quantitative estimate of drug-likeness (QED) is 0.732. The van der Waals surface area contributed by atoms with E-state index < -0.39 is 0 Å². The van der Waals surface area contributed by atoms with Gasteiger partial charge in [0.1, 0.15) is 5.01 Å². The first-order chi connectivity index (χ1) is 9.28. The van der Waals surface area contributed by atoms with Crippen LogP contribution in [0.5, 0.6) is 0 Å². The first-order valence-corrected chi connectivity index (χ1v) is 9.49. The average Bonchev–Trinajstić information content (AvgIpc) is 3.03. The molecule has 0 saturated heterocycles. The zero-order chi connectivity index (χ0) is 13.2. The van der Waals surface area contributed by atoms with E-state index in [9.17, 15) is 0 Å². The van der Waals surface area contributed by atoms with Gasteiger partial charge in [0.15, 0.2) is 0 Å². The van der Waals surface area contributed by atoms with E-state index in [0.717, 1.165) is 6.42 Å². The van der Waals surface area contributed by atoms with Gasteiger partial charge in [0.05, 0.1) is 8.93 Å². The summed E-state index contributed by atoms with van der Waals surface area (Å²) in [5, 5.41) is 7.12. The third kappa shape index (κ3) is 3.04. The maximum Gasteiger partial charge on any atom is 0.109 e. The van der Waals surface area contributed by atoms with E-state index >= 15 is 0 Å². The monoisotopic (exact) mass is 404 g/mol. The highest BCUT2D eigenvalue weighted by Gasteiger charge is 2.25. The van der Waals surface area contributed by atoms with Crippen LogP contribution in [0.2, 0.25) is 0 Å². The first kappa shape index (κ1) is 14.0. The van der Waals surface area contributed by atoms with Crippen LogP contribution in [0.15, 0.2) is 17.6 Å². The number of aromatic nitrogens is 1. The number of hydrogen-bond acceptors (Lipinski definition) is 4. The molecule has 3 rings (SSSR count). The summed E-state index contributed by atoms with van der Waals surface area (Å²) < 4.78 is 1.42. The minimum absolute atomic E-state index is 0.397. The molecule has 0 fully saturated rings. The van der Waals surface area contributed by atoms with Crippen molar-refractivity contribution in [2.24, 2.45) is 0 Å². The normalized spacial score (nSPS) is 20.2. The highest BCUT2D eigenvalue weighted by molar-refractivity contribution is 14.1. The van der Waals surface area contributed by atoms with E-state index in [1.165, 1.54) is 32.7 Å². The summed E-state index contributed by atoms with van der Waals surface area (Å²) in [6.07, 6.45) is 6.82. The Kier molecular flexibility index (Phi) is 4.56. The predicted octanol–water partition coefficient (Wildman–Crippen LogP) is 4.93.